The van der Waals surface area contributed by atoms with Gasteiger partial charge in [-0.05, 0) is 44.8 Å². The molecular weight excluding hydrogens is 260 g/mol. The van der Waals surface area contributed by atoms with E-state index >= 15 is 0 Å². The minimum Gasteiger partial charge on any atom is -0.493 e. The molecule has 3 nitrogen and oxygen atoms in total. The van der Waals surface area contributed by atoms with Crippen molar-refractivity contribution in [2.45, 2.75) is 56.7 Å². The summed E-state index contributed by atoms with van der Waals surface area (Å²) in [6.07, 6.45) is 7.94. The first kappa shape index (κ1) is 13.6. The molecule has 0 aliphatic carbocycles. The molecule has 2 saturated heterocycles. The van der Waals surface area contributed by atoms with Crippen molar-refractivity contribution in [3.63, 3.8) is 0 Å². The highest BCUT2D eigenvalue weighted by molar-refractivity contribution is 5.37. The van der Waals surface area contributed by atoms with Crippen LogP contribution < -0.4 is 10.1 Å². The lowest BCUT2D eigenvalue weighted by atomic mass is 9.89. The smallest absolute Gasteiger partial charge is 0.124 e. The average Bonchev–Trinajstić information content (AvgIpc) is 3.09. The summed E-state index contributed by atoms with van der Waals surface area (Å²) in [7, 11) is 0. The number of hydrogen-bond donors (Lipinski definition) is 1. The van der Waals surface area contributed by atoms with E-state index < -0.39 is 0 Å². The molecule has 3 unspecified atom stereocenters. The molecule has 114 valence electrons. The monoisotopic (exact) mass is 286 g/mol. The second-order valence-electron chi connectivity index (χ2n) is 6.69. The van der Waals surface area contributed by atoms with Crippen LogP contribution in [-0.4, -0.2) is 36.7 Å². The Balaban J connectivity index is 1.61. The predicted molar refractivity (Wildman–Crippen MR) is 84.7 cm³/mol. The van der Waals surface area contributed by atoms with Crippen LogP contribution in [-0.2, 0) is 0 Å². The maximum absolute atomic E-state index is 5.86. The van der Waals surface area contributed by atoms with Gasteiger partial charge in [0.2, 0.25) is 0 Å². The zero-order valence-corrected chi connectivity index (χ0v) is 12.8. The van der Waals surface area contributed by atoms with E-state index in [2.05, 4.69) is 34.5 Å². The molecule has 3 heterocycles. The Kier molecular flexibility index (Phi) is 3.87. The van der Waals surface area contributed by atoms with Crippen LogP contribution in [0.5, 0.6) is 5.75 Å². The zero-order chi connectivity index (χ0) is 14.1. The number of benzene rings is 1. The lowest BCUT2D eigenvalue weighted by Crippen LogP contribution is -2.52. The van der Waals surface area contributed by atoms with E-state index in [1.165, 1.54) is 50.8 Å². The third kappa shape index (κ3) is 2.58. The lowest BCUT2D eigenvalue weighted by Gasteiger charge is -2.45. The molecule has 21 heavy (non-hydrogen) atoms. The molecule has 3 heteroatoms. The average molecular weight is 286 g/mol. The van der Waals surface area contributed by atoms with Crippen LogP contribution in [0.15, 0.2) is 24.3 Å². The number of para-hydroxylation sites is 1. The SMILES string of the molecule is c1ccc2c(c1)OCCC2N1CCCCC1C1CCCN1. The summed E-state index contributed by atoms with van der Waals surface area (Å²) in [5.41, 5.74) is 1.41. The second-order valence-corrected chi connectivity index (χ2v) is 6.69. The third-order valence-corrected chi connectivity index (χ3v) is 5.48. The van der Waals surface area contributed by atoms with Gasteiger partial charge in [0.05, 0.1) is 6.61 Å². The lowest BCUT2D eigenvalue weighted by molar-refractivity contribution is 0.0506. The Morgan fingerprint density at radius 2 is 2.00 bits per heavy atom. The number of fused-ring (bicyclic) bond motifs is 1. The molecule has 0 aromatic heterocycles. The fourth-order valence-electron chi connectivity index (χ4n) is 4.51. The van der Waals surface area contributed by atoms with Gasteiger partial charge in [0.25, 0.3) is 0 Å². The Morgan fingerprint density at radius 3 is 2.90 bits per heavy atom. The minimum atomic E-state index is 0.558. The van der Waals surface area contributed by atoms with Crippen molar-refractivity contribution < 1.29 is 4.74 Å². The Bertz CT molecular complexity index is 484. The zero-order valence-electron chi connectivity index (χ0n) is 12.8. The first-order valence-corrected chi connectivity index (χ1v) is 8.64. The van der Waals surface area contributed by atoms with Gasteiger partial charge < -0.3 is 10.1 Å². The van der Waals surface area contributed by atoms with Crippen LogP contribution in [0.3, 0.4) is 0 Å². The van der Waals surface area contributed by atoms with E-state index in [-0.39, 0.29) is 0 Å². The standard InChI is InChI=1S/C18H26N2O/c1-2-9-18-14(6-1)16(10-13-21-18)20-12-4-3-8-17(20)15-7-5-11-19-15/h1-2,6,9,15-17,19H,3-5,7-8,10-13H2. The molecule has 1 aromatic carbocycles. The molecule has 3 aliphatic heterocycles. The third-order valence-electron chi connectivity index (χ3n) is 5.48. The van der Waals surface area contributed by atoms with Crippen LogP contribution in [0, 0.1) is 0 Å². The van der Waals surface area contributed by atoms with E-state index in [1.807, 2.05) is 0 Å². The molecule has 3 aliphatic rings. The topological polar surface area (TPSA) is 24.5 Å². The normalized spacial score (nSPS) is 33.4. The number of hydrogen-bond acceptors (Lipinski definition) is 3. The van der Waals surface area contributed by atoms with Gasteiger partial charge in [0.15, 0.2) is 0 Å². The van der Waals surface area contributed by atoms with E-state index in [0.717, 1.165) is 24.8 Å². The highest BCUT2D eigenvalue weighted by Crippen LogP contribution is 2.40. The van der Waals surface area contributed by atoms with Crippen LogP contribution in [0.1, 0.15) is 50.1 Å². The molecule has 3 atom stereocenters. The largest absolute Gasteiger partial charge is 0.493 e. The van der Waals surface area contributed by atoms with E-state index in [1.54, 1.807) is 0 Å². The molecule has 0 amide bonds. The van der Waals surface area contributed by atoms with Crippen molar-refractivity contribution >= 4 is 0 Å². The number of ether oxygens (including phenoxy) is 1. The van der Waals surface area contributed by atoms with Crippen molar-refractivity contribution in [2.24, 2.45) is 0 Å². The van der Waals surface area contributed by atoms with Crippen LogP contribution in [0.25, 0.3) is 0 Å². The number of nitrogens with zero attached hydrogens (tertiary/aromatic N) is 1. The highest BCUT2D eigenvalue weighted by Gasteiger charge is 2.37. The second kappa shape index (κ2) is 5.98. The molecular formula is C18H26N2O. The van der Waals surface area contributed by atoms with Crippen LogP contribution in [0.2, 0.25) is 0 Å². The van der Waals surface area contributed by atoms with Gasteiger partial charge >= 0.3 is 0 Å². The molecule has 0 saturated carbocycles. The van der Waals surface area contributed by atoms with Gasteiger partial charge in [-0.25, -0.2) is 0 Å². The van der Waals surface area contributed by atoms with Gasteiger partial charge in [-0.3, -0.25) is 4.90 Å². The maximum atomic E-state index is 5.86. The number of likely N-dealkylation sites (tertiary alicyclic amines) is 1. The van der Waals surface area contributed by atoms with Crippen molar-refractivity contribution in [1.82, 2.24) is 10.2 Å². The summed E-state index contributed by atoms with van der Waals surface area (Å²) < 4.78 is 5.86. The van der Waals surface area contributed by atoms with Crippen molar-refractivity contribution in [3.8, 4) is 5.75 Å². The van der Waals surface area contributed by atoms with E-state index in [9.17, 15) is 0 Å². The summed E-state index contributed by atoms with van der Waals surface area (Å²) in [4.78, 5) is 2.80. The van der Waals surface area contributed by atoms with E-state index in [4.69, 9.17) is 4.74 Å². The number of rotatable bonds is 2. The molecule has 0 spiro atoms. The minimum absolute atomic E-state index is 0.558. The van der Waals surface area contributed by atoms with Crippen molar-refractivity contribution in [2.75, 3.05) is 19.7 Å². The highest BCUT2D eigenvalue weighted by atomic mass is 16.5. The molecule has 0 radical (unpaired) electrons. The summed E-state index contributed by atoms with van der Waals surface area (Å²) >= 11 is 0. The van der Waals surface area contributed by atoms with Gasteiger partial charge in [0.1, 0.15) is 5.75 Å². The number of nitrogens with one attached hydrogen (secondary N) is 1. The Morgan fingerprint density at radius 1 is 1.05 bits per heavy atom. The van der Waals surface area contributed by atoms with Gasteiger partial charge in [-0.2, -0.15) is 0 Å². The Labute approximate surface area is 127 Å². The number of piperidine rings is 1. The van der Waals surface area contributed by atoms with E-state index in [0.29, 0.717) is 12.1 Å². The van der Waals surface area contributed by atoms with Crippen molar-refractivity contribution in [1.29, 1.82) is 0 Å². The van der Waals surface area contributed by atoms with Crippen LogP contribution in [0.4, 0.5) is 0 Å². The van der Waals surface area contributed by atoms with Crippen LogP contribution >= 0.6 is 0 Å². The van der Waals surface area contributed by atoms with Gasteiger partial charge in [-0.15, -0.1) is 0 Å². The summed E-state index contributed by atoms with van der Waals surface area (Å²) in [6.45, 7) is 3.32. The fraction of sp³-hybridized carbons (Fsp3) is 0.667. The quantitative estimate of drug-likeness (QED) is 0.904. The summed E-state index contributed by atoms with van der Waals surface area (Å²) in [5.74, 6) is 1.11. The van der Waals surface area contributed by atoms with Gasteiger partial charge in [0, 0.05) is 30.1 Å². The maximum Gasteiger partial charge on any atom is 0.124 e. The first-order chi connectivity index (χ1) is 10.4. The predicted octanol–water partition coefficient (Wildman–Crippen LogP) is 3.12. The molecule has 1 N–H and O–H groups in total. The summed E-state index contributed by atoms with van der Waals surface area (Å²) in [5, 5.41) is 3.75. The Hall–Kier alpha value is -1.06. The molecule has 1 aromatic rings. The summed E-state index contributed by atoms with van der Waals surface area (Å²) in [6, 6.07) is 10.6. The first-order valence-electron chi connectivity index (χ1n) is 8.64. The van der Waals surface area contributed by atoms with Crippen molar-refractivity contribution in [3.05, 3.63) is 29.8 Å². The van der Waals surface area contributed by atoms with Gasteiger partial charge in [-0.1, -0.05) is 24.6 Å². The molecule has 0 bridgehead atoms. The molecule has 4 rings (SSSR count). The molecule has 2 fully saturated rings. The fourth-order valence-corrected chi connectivity index (χ4v) is 4.51.